The van der Waals surface area contributed by atoms with Crippen molar-refractivity contribution in [2.75, 3.05) is 25.2 Å². The number of para-hydroxylation sites is 1. The van der Waals surface area contributed by atoms with E-state index in [2.05, 4.69) is 0 Å². The van der Waals surface area contributed by atoms with Crippen LogP contribution in [-0.2, 0) is 16.0 Å². The number of benzene rings is 3. The minimum Gasteiger partial charge on any atom is -0.497 e. The highest BCUT2D eigenvalue weighted by atomic mass is 16.6. The summed E-state index contributed by atoms with van der Waals surface area (Å²) < 4.78 is 10.7. The fraction of sp³-hybridized carbons (Fsp3) is 0.259. The number of rotatable bonds is 7. The largest absolute Gasteiger partial charge is 0.497 e. The highest BCUT2D eigenvalue weighted by Crippen LogP contribution is 2.44. The standard InChI is InChI=1S/C27H26N2O4/c1-32-23-14-12-20(13-15-23)25-24(26(30)29(25)21-10-6-3-7-11-21)17-28-22(18-33-27(28)31)16-19-8-4-2-5-9-19/h2-15,22,24-25H,16-18H2,1H3/t22-,24+,25+/m0/s1. The highest BCUT2D eigenvalue weighted by molar-refractivity contribution is 6.03. The summed E-state index contributed by atoms with van der Waals surface area (Å²) in [6.07, 6.45) is 0.346. The summed E-state index contributed by atoms with van der Waals surface area (Å²) in [5.41, 5.74) is 3.00. The van der Waals surface area contributed by atoms with Crippen molar-refractivity contribution in [1.82, 2.24) is 4.90 Å². The van der Waals surface area contributed by atoms with E-state index in [9.17, 15) is 9.59 Å². The van der Waals surface area contributed by atoms with Gasteiger partial charge in [-0.1, -0.05) is 60.7 Å². The summed E-state index contributed by atoms with van der Waals surface area (Å²) in [5.74, 6) is 0.431. The summed E-state index contributed by atoms with van der Waals surface area (Å²) in [4.78, 5) is 29.5. The Kier molecular flexibility index (Phi) is 5.73. The quantitative estimate of drug-likeness (QED) is 0.507. The van der Waals surface area contributed by atoms with Gasteiger partial charge >= 0.3 is 6.09 Å². The predicted molar refractivity (Wildman–Crippen MR) is 125 cm³/mol. The topological polar surface area (TPSA) is 59.1 Å². The van der Waals surface area contributed by atoms with Gasteiger partial charge in [0, 0.05) is 12.2 Å². The van der Waals surface area contributed by atoms with Crippen LogP contribution in [0.15, 0.2) is 84.9 Å². The molecule has 0 radical (unpaired) electrons. The fourth-order valence-electron chi connectivity index (χ4n) is 4.77. The Labute approximate surface area is 193 Å². The molecule has 0 bridgehead atoms. The lowest BCUT2D eigenvalue weighted by atomic mass is 9.81. The van der Waals surface area contributed by atoms with E-state index < -0.39 is 0 Å². The Hall–Kier alpha value is -3.80. The zero-order valence-corrected chi connectivity index (χ0v) is 18.5. The van der Waals surface area contributed by atoms with Crippen molar-refractivity contribution in [2.24, 2.45) is 5.92 Å². The Morgan fingerprint density at radius 1 is 0.909 bits per heavy atom. The second-order valence-corrected chi connectivity index (χ2v) is 8.44. The molecule has 0 aliphatic carbocycles. The molecule has 3 aromatic carbocycles. The van der Waals surface area contributed by atoms with Crippen molar-refractivity contribution in [3.05, 3.63) is 96.1 Å². The number of β-lactam (4-membered cyclic amide) rings is 1. The van der Waals surface area contributed by atoms with Crippen LogP contribution < -0.4 is 9.64 Å². The molecule has 33 heavy (non-hydrogen) atoms. The van der Waals surface area contributed by atoms with E-state index in [1.807, 2.05) is 89.8 Å². The molecular formula is C27H26N2O4. The number of anilines is 1. The van der Waals surface area contributed by atoms with Crippen molar-refractivity contribution < 1.29 is 19.1 Å². The lowest BCUT2D eigenvalue weighted by Gasteiger charge is -2.48. The van der Waals surface area contributed by atoms with E-state index in [0.29, 0.717) is 19.6 Å². The van der Waals surface area contributed by atoms with E-state index in [1.165, 1.54) is 0 Å². The summed E-state index contributed by atoms with van der Waals surface area (Å²) in [5, 5.41) is 0. The minimum absolute atomic E-state index is 0.0141. The van der Waals surface area contributed by atoms with Gasteiger partial charge in [0.25, 0.3) is 0 Å². The monoisotopic (exact) mass is 442 g/mol. The summed E-state index contributed by atoms with van der Waals surface area (Å²) in [7, 11) is 1.63. The average molecular weight is 443 g/mol. The second kappa shape index (κ2) is 8.98. The molecule has 0 N–H and O–H groups in total. The number of methoxy groups -OCH3 is 1. The van der Waals surface area contributed by atoms with E-state index in [4.69, 9.17) is 9.47 Å². The molecule has 168 valence electrons. The number of carbonyl (C=O) groups is 2. The Morgan fingerprint density at radius 3 is 2.24 bits per heavy atom. The number of hydrogen-bond donors (Lipinski definition) is 0. The highest BCUT2D eigenvalue weighted by Gasteiger charge is 2.51. The SMILES string of the molecule is COc1ccc([C@@H]2[C@@H](CN3C(=O)OC[C@@H]3Cc3ccccc3)C(=O)N2c2ccccc2)cc1. The van der Waals surface area contributed by atoms with E-state index >= 15 is 0 Å². The van der Waals surface area contributed by atoms with Gasteiger partial charge in [0.1, 0.15) is 12.4 Å². The molecule has 3 aromatic rings. The molecule has 2 amide bonds. The van der Waals surface area contributed by atoms with Crippen LogP contribution in [0.2, 0.25) is 0 Å². The zero-order chi connectivity index (χ0) is 22.8. The third kappa shape index (κ3) is 4.04. The van der Waals surface area contributed by atoms with Gasteiger partial charge in [-0.3, -0.25) is 4.79 Å². The van der Waals surface area contributed by atoms with Gasteiger partial charge in [0.15, 0.2) is 0 Å². The molecule has 0 aromatic heterocycles. The molecular weight excluding hydrogens is 416 g/mol. The number of amides is 2. The summed E-state index contributed by atoms with van der Waals surface area (Å²) >= 11 is 0. The number of carbonyl (C=O) groups excluding carboxylic acids is 2. The molecule has 3 atom stereocenters. The Morgan fingerprint density at radius 2 is 1.58 bits per heavy atom. The van der Waals surface area contributed by atoms with Gasteiger partial charge in [-0.2, -0.15) is 0 Å². The van der Waals surface area contributed by atoms with Crippen LogP contribution in [-0.4, -0.2) is 43.2 Å². The molecule has 2 aliphatic heterocycles. The maximum absolute atomic E-state index is 13.4. The molecule has 6 heteroatoms. The molecule has 6 nitrogen and oxygen atoms in total. The van der Waals surface area contributed by atoms with Crippen molar-refractivity contribution in [3.63, 3.8) is 0 Å². The van der Waals surface area contributed by atoms with E-state index in [1.54, 1.807) is 12.0 Å². The van der Waals surface area contributed by atoms with Crippen LogP contribution in [0.4, 0.5) is 10.5 Å². The summed E-state index contributed by atoms with van der Waals surface area (Å²) in [6, 6.07) is 27.2. The third-order valence-corrected chi connectivity index (χ3v) is 6.49. The first kappa shape index (κ1) is 21.1. The van der Waals surface area contributed by atoms with Crippen molar-refractivity contribution in [2.45, 2.75) is 18.5 Å². The first-order chi connectivity index (χ1) is 16.2. The maximum atomic E-state index is 13.4. The van der Waals surface area contributed by atoms with E-state index in [0.717, 1.165) is 22.6 Å². The number of hydrogen-bond acceptors (Lipinski definition) is 4. The number of ether oxygens (including phenoxy) is 2. The third-order valence-electron chi connectivity index (χ3n) is 6.49. The molecule has 0 saturated carbocycles. The van der Waals surface area contributed by atoms with E-state index in [-0.39, 0.29) is 30.0 Å². The zero-order valence-electron chi connectivity index (χ0n) is 18.5. The molecule has 5 rings (SSSR count). The van der Waals surface area contributed by atoms with Crippen LogP contribution in [0.1, 0.15) is 17.2 Å². The maximum Gasteiger partial charge on any atom is 0.410 e. The van der Waals surface area contributed by atoms with Crippen molar-refractivity contribution in [3.8, 4) is 5.75 Å². The van der Waals surface area contributed by atoms with Crippen LogP contribution in [0.25, 0.3) is 0 Å². The fourth-order valence-corrected chi connectivity index (χ4v) is 4.77. The van der Waals surface area contributed by atoms with Gasteiger partial charge in [0.05, 0.1) is 25.1 Å². The molecule has 2 heterocycles. The Bertz CT molecular complexity index is 1120. The predicted octanol–water partition coefficient (Wildman–Crippen LogP) is 4.46. The molecule has 0 spiro atoms. The van der Waals surface area contributed by atoms with Gasteiger partial charge < -0.3 is 19.3 Å². The molecule has 0 unspecified atom stereocenters. The Balaban J connectivity index is 1.41. The molecule has 2 saturated heterocycles. The minimum atomic E-state index is -0.352. The van der Waals surface area contributed by atoms with Gasteiger partial charge in [-0.05, 0) is 41.8 Å². The molecule has 2 aliphatic rings. The van der Waals surface area contributed by atoms with Gasteiger partial charge in [-0.15, -0.1) is 0 Å². The lowest BCUT2D eigenvalue weighted by Crippen LogP contribution is -2.59. The normalized spacial score (nSPS) is 22.2. The first-order valence-corrected chi connectivity index (χ1v) is 11.1. The smallest absolute Gasteiger partial charge is 0.410 e. The van der Waals surface area contributed by atoms with Crippen LogP contribution in [0.3, 0.4) is 0 Å². The molecule has 2 fully saturated rings. The second-order valence-electron chi connectivity index (χ2n) is 8.44. The van der Waals surface area contributed by atoms with Crippen LogP contribution in [0, 0.1) is 5.92 Å². The van der Waals surface area contributed by atoms with Crippen LogP contribution >= 0.6 is 0 Å². The van der Waals surface area contributed by atoms with Crippen molar-refractivity contribution in [1.29, 1.82) is 0 Å². The van der Waals surface area contributed by atoms with Crippen LogP contribution in [0.5, 0.6) is 5.75 Å². The van der Waals surface area contributed by atoms with Gasteiger partial charge in [0.2, 0.25) is 5.91 Å². The first-order valence-electron chi connectivity index (χ1n) is 11.1. The number of nitrogens with zero attached hydrogens (tertiary/aromatic N) is 2. The van der Waals surface area contributed by atoms with Gasteiger partial charge in [-0.25, -0.2) is 4.79 Å². The van der Waals surface area contributed by atoms with Crippen molar-refractivity contribution >= 4 is 17.7 Å². The average Bonchev–Trinajstić information content (AvgIpc) is 3.20. The lowest BCUT2D eigenvalue weighted by molar-refractivity contribution is -0.131. The number of cyclic esters (lactones) is 1. The summed E-state index contributed by atoms with van der Waals surface area (Å²) in [6.45, 7) is 0.666.